The predicted molar refractivity (Wildman–Crippen MR) is 84.3 cm³/mol. The fourth-order valence-corrected chi connectivity index (χ4v) is 3.62. The van der Waals surface area contributed by atoms with Gasteiger partial charge in [-0.2, -0.15) is 0 Å². The number of benzene rings is 1. The van der Waals surface area contributed by atoms with Crippen LogP contribution in [0.5, 0.6) is 0 Å². The third kappa shape index (κ3) is 3.26. The minimum atomic E-state index is -0.482. The molecular formula is C15H19BrN2O3. The van der Waals surface area contributed by atoms with Crippen molar-refractivity contribution >= 4 is 27.5 Å². The Hall–Kier alpha value is -1.43. The number of rotatable bonds is 3. The lowest BCUT2D eigenvalue weighted by Crippen LogP contribution is -2.42. The number of hydrogen-bond donors (Lipinski definition) is 0. The fraction of sp³-hybridized carbons (Fsp3) is 0.533. The Bertz CT molecular complexity index is 562. The molecule has 1 aliphatic rings. The van der Waals surface area contributed by atoms with Gasteiger partial charge in [0.1, 0.15) is 4.47 Å². The number of carbonyl (C=O) groups is 1. The molecule has 0 N–H and O–H groups in total. The van der Waals surface area contributed by atoms with E-state index in [1.807, 2.05) is 0 Å². The molecule has 1 fully saturated rings. The first-order valence-electron chi connectivity index (χ1n) is 7.13. The van der Waals surface area contributed by atoms with E-state index >= 15 is 0 Å². The largest absolute Gasteiger partial charge is 0.338 e. The molecule has 2 rings (SSSR count). The van der Waals surface area contributed by atoms with Gasteiger partial charge in [0.2, 0.25) is 0 Å². The summed E-state index contributed by atoms with van der Waals surface area (Å²) in [6.07, 6.45) is 4.46. The molecule has 0 aliphatic heterocycles. The highest BCUT2D eigenvalue weighted by molar-refractivity contribution is 9.10. The van der Waals surface area contributed by atoms with Crippen molar-refractivity contribution in [1.29, 1.82) is 0 Å². The smallest absolute Gasteiger partial charge is 0.284 e. The Balaban J connectivity index is 2.27. The maximum atomic E-state index is 12.7. The second kappa shape index (κ2) is 6.56. The average molecular weight is 355 g/mol. The number of carbonyl (C=O) groups excluding carboxylic acids is 1. The van der Waals surface area contributed by atoms with E-state index in [1.165, 1.54) is 12.5 Å². The third-order valence-electron chi connectivity index (χ3n) is 4.29. The van der Waals surface area contributed by atoms with Crippen LogP contribution in [0, 0.1) is 16.0 Å². The summed E-state index contributed by atoms with van der Waals surface area (Å²) in [5.74, 6) is 0.300. The van der Waals surface area contributed by atoms with Gasteiger partial charge in [-0.3, -0.25) is 14.9 Å². The Morgan fingerprint density at radius 2 is 2.05 bits per heavy atom. The van der Waals surface area contributed by atoms with E-state index in [2.05, 4.69) is 22.9 Å². The lowest BCUT2D eigenvalue weighted by molar-refractivity contribution is -0.385. The van der Waals surface area contributed by atoms with Gasteiger partial charge < -0.3 is 4.90 Å². The van der Waals surface area contributed by atoms with Crippen LogP contribution < -0.4 is 0 Å². The van der Waals surface area contributed by atoms with Gasteiger partial charge in [-0.15, -0.1) is 0 Å². The molecule has 6 heteroatoms. The van der Waals surface area contributed by atoms with Crippen molar-refractivity contribution in [2.45, 2.75) is 38.6 Å². The predicted octanol–water partition coefficient (Wildman–Crippen LogP) is 4.01. The summed E-state index contributed by atoms with van der Waals surface area (Å²) < 4.78 is 0.260. The van der Waals surface area contributed by atoms with Crippen molar-refractivity contribution in [2.75, 3.05) is 7.05 Å². The molecule has 0 spiro atoms. The molecule has 0 aromatic heterocycles. The van der Waals surface area contributed by atoms with Crippen LogP contribution in [-0.2, 0) is 0 Å². The van der Waals surface area contributed by atoms with E-state index in [4.69, 9.17) is 0 Å². The first kappa shape index (κ1) is 15.9. The fourth-order valence-electron chi connectivity index (χ4n) is 3.04. The first-order valence-corrected chi connectivity index (χ1v) is 7.93. The van der Waals surface area contributed by atoms with Crippen molar-refractivity contribution in [2.24, 2.45) is 5.92 Å². The second-order valence-corrected chi connectivity index (χ2v) is 6.43. The van der Waals surface area contributed by atoms with Gasteiger partial charge >= 0.3 is 0 Å². The normalized spacial score (nSPS) is 21.9. The second-order valence-electron chi connectivity index (χ2n) is 5.64. The van der Waals surface area contributed by atoms with Gasteiger partial charge in [0, 0.05) is 19.2 Å². The van der Waals surface area contributed by atoms with Gasteiger partial charge in [0.25, 0.3) is 11.6 Å². The highest BCUT2D eigenvalue weighted by Gasteiger charge is 2.30. The Morgan fingerprint density at radius 3 is 2.67 bits per heavy atom. The van der Waals surface area contributed by atoms with Gasteiger partial charge in [0.05, 0.1) is 10.5 Å². The van der Waals surface area contributed by atoms with Crippen LogP contribution in [0.25, 0.3) is 0 Å². The average Bonchev–Trinajstić information content (AvgIpc) is 2.46. The van der Waals surface area contributed by atoms with E-state index in [0.29, 0.717) is 11.5 Å². The van der Waals surface area contributed by atoms with E-state index in [0.717, 1.165) is 19.3 Å². The SMILES string of the molecule is CC1CCCCC1N(C)C(=O)c1cccc([N+](=O)[O-])c1Br. The van der Waals surface area contributed by atoms with Crippen molar-refractivity contribution in [3.05, 3.63) is 38.3 Å². The summed E-state index contributed by atoms with van der Waals surface area (Å²) in [5.41, 5.74) is 0.274. The Kier molecular flexibility index (Phi) is 4.98. The molecule has 2 atom stereocenters. The van der Waals surface area contributed by atoms with Crippen LogP contribution >= 0.6 is 15.9 Å². The van der Waals surface area contributed by atoms with Gasteiger partial charge in [-0.05, 0) is 40.8 Å². The molecule has 1 aliphatic carbocycles. The van der Waals surface area contributed by atoms with Crippen LogP contribution in [0.2, 0.25) is 0 Å². The topological polar surface area (TPSA) is 63.5 Å². The molecule has 0 radical (unpaired) electrons. The van der Waals surface area contributed by atoms with Crippen molar-refractivity contribution in [3.63, 3.8) is 0 Å². The lowest BCUT2D eigenvalue weighted by Gasteiger charge is -2.36. The zero-order chi connectivity index (χ0) is 15.6. The minimum Gasteiger partial charge on any atom is -0.338 e. The molecule has 1 amide bonds. The molecule has 1 aromatic carbocycles. The molecule has 1 aromatic rings. The molecule has 0 saturated heterocycles. The van der Waals surface area contributed by atoms with Crippen LogP contribution in [-0.4, -0.2) is 28.8 Å². The quantitative estimate of drug-likeness (QED) is 0.608. The first-order chi connectivity index (χ1) is 9.93. The van der Waals surface area contributed by atoms with E-state index in [-0.39, 0.29) is 22.1 Å². The van der Waals surface area contributed by atoms with Crippen LogP contribution in [0.1, 0.15) is 43.0 Å². The van der Waals surface area contributed by atoms with E-state index < -0.39 is 4.92 Å². The number of amides is 1. The maximum Gasteiger partial charge on any atom is 0.284 e. The van der Waals surface area contributed by atoms with Crippen molar-refractivity contribution in [1.82, 2.24) is 4.90 Å². The highest BCUT2D eigenvalue weighted by atomic mass is 79.9. The molecule has 1 saturated carbocycles. The Morgan fingerprint density at radius 1 is 1.38 bits per heavy atom. The Labute approximate surface area is 132 Å². The van der Waals surface area contributed by atoms with E-state index in [1.54, 1.807) is 24.1 Å². The van der Waals surface area contributed by atoms with Crippen molar-refractivity contribution in [3.8, 4) is 0 Å². The number of nitro groups is 1. The lowest BCUT2D eigenvalue weighted by atomic mass is 9.85. The third-order valence-corrected chi connectivity index (χ3v) is 5.12. The summed E-state index contributed by atoms with van der Waals surface area (Å²) in [4.78, 5) is 24.9. The zero-order valence-electron chi connectivity index (χ0n) is 12.2. The standard InChI is InChI=1S/C15H19BrN2O3/c1-10-6-3-4-8-12(10)17(2)15(19)11-7-5-9-13(14(11)16)18(20)21/h5,7,9-10,12H,3-4,6,8H2,1-2H3. The van der Waals surface area contributed by atoms with Gasteiger partial charge in [-0.1, -0.05) is 25.8 Å². The van der Waals surface area contributed by atoms with Gasteiger partial charge in [-0.25, -0.2) is 0 Å². The summed E-state index contributed by atoms with van der Waals surface area (Å²) >= 11 is 3.20. The molecule has 21 heavy (non-hydrogen) atoms. The molecule has 0 bridgehead atoms. The summed E-state index contributed by atoms with van der Waals surface area (Å²) in [5, 5.41) is 11.0. The number of nitrogens with zero attached hydrogens (tertiary/aromatic N) is 2. The number of halogens is 1. The number of hydrogen-bond acceptors (Lipinski definition) is 3. The van der Waals surface area contributed by atoms with E-state index in [9.17, 15) is 14.9 Å². The number of nitro benzene ring substituents is 1. The molecule has 2 unspecified atom stereocenters. The summed E-state index contributed by atoms with van der Waals surface area (Å²) in [7, 11) is 1.79. The summed E-state index contributed by atoms with van der Waals surface area (Å²) in [6, 6.07) is 4.78. The van der Waals surface area contributed by atoms with Crippen molar-refractivity contribution < 1.29 is 9.72 Å². The minimum absolute atomic E-state index is 0.0778. The maximum absolute atomic E-state index is 12.7. The molecule has 5 nitrogen and oxygen atoms in total. The highest BCUT2D eigenvalue weighted by Crippen LogP contribution is 2.32. The molecular weight excluding hydrogens is 336 g/mol. The van der Waals surface area contributed by atoms with Crippen LogP contribution in [0.3, 0.4) is 0 Å². The summed E-state index contributed by atoms with van der Waals surface area (Å²) in [6.45, 7) is 2.16. The zero-order valence-corrected chi connectivity index (χ0v) is 13.8. The molecule has 114 valence electrons. The van der Waals surface area contributed by atoms with Crippen LogP contribution in [0.15, 0.2) is 22.7 Å². The van der Waals surface area contributed by atoms with Crippen LogP contribution in [0.4, 0.5) is 5.69 Å². The monoisotopic (exact) mass is 354 g/mol. The molecule has 0 heterocycles. The van der Waals surface area contributed by atoms with Gasteiger partial charge in [0.15, 0.2) is 0 Å².